The average Bonchev–Trinajstić information content (AvgIpc) is 4.16. The molecular weight excluding hydrogens is 849 g/mol. The van der Waals surface area contributed by atoms with E-state index in [1.54, 1.807) is 38.2 Å². The number of piperidine rings is 1. The van der Waals surface area contributed by atoms with E-state index in [0.717, 1.165) is 24.8 Å². The van der Waals surface area contributed by atoms with E-state index in [2.05, 4.69) is 31.7 Å². The highest BCUT2D eigenvalue weighted by molar-refractivity contribution is 5.89. The maximum absolute atomic E-state index is 16.7. The van der Waals surface area contributed by atoms with E-state index in [0.29, 0.717) is 57.1 Å². The van der Waals surface area contributed by atoms with Gasteiger partial charge in [-0.1, -0.05) is 65.0 Å². The molecule has 17 heteroatoms. The Morgan fingerprint density at radius 3 is 2.15 bits per heavy atom. The van der Waals surface area contributed by atoms with Gasteiger partial charge in [0.2, 0.25) is 11.8 Å². The molecule has 2 aliphatic carbocycles. The van der Waals surface area contributed by atoms with E-state index < -0.39 is 42.1 Å². The Morgan fingerprint density at radius 2 is 1.52 bits per heavy atom. The largest absolute Gasteiger partial charge is 0.453 e. The maximum Gasteiger partial charge on any atom is 0.407 e. The smallest absolute Gasteiger partial charge is 0.407 e. The molecule has 2 aromatic heterocycles. The van der Waals surface area contributed by atoms with Gasteiger partial charge in [-0.3, -0.25) is 9.59 Å². The number of aromatic nitrogens is 4. The van der Waals surface area contributed by atoms with Crippen LogP contribution in [0.25, 0.3) is 44.5 Å². The molecule has 0 radical (unpaired) electrons. The number of carbonyl (C=O) groups excluding carboxylic acids is 4. The molecule has 1 saturated carbocycles. The van der Waals surface area contributed by atoms with Gasteiger partial charge in [0.05, 0.1) is 61.7 Å². The van der Waals surface area contributed by atoms with Crippen molar-refractivity contribution in [1.29, 1.82) is 5.26 Å². The third-order valence-electron chi connectivity index (χ3n) is 13.5. The number of imidazole rings is 2. The van der Waals surface area contributed by atoms with Crippen LogP contribution in [-0.4, -0.2) is 92.6 Å². The van der Waals surface area contributed by atoms with Crippen LogP contribution in [0, 0.1) is 29.1 Å². The minimum atomic E-state index is -3.33. The molecule has 4 N–H and O–H groups in total. The van der Waals surface area contributed by atoms with Crippen LogP contribution in [0.5, 0.6) is 0 Å². The van der Waals surface area contributed by atoms with E-state index in [1.807, 2.05) is 49.9 Å². The summed E-state index contributed by atoms with van der Waals surface area (Å²) in [6, 6.07) is 15.2. The molecule has 346 valence electrons. The van der Waals surface area contributed by atoms with E-state index in [-0.39, 0.29) is 59.8 Å². The molecular formula is C49H55F2N9O6. The Hall–Kier alpha value is -6.83. The summed E-state index contributed by atoms with van der Waals surface area (Å²) in [5.41, 5.74) is 4.27. The second-order valence-electron chi connectivity index (χ2n) is 18.1. The Labute approximate surface area is 381 Å². The molecule has 3 aromatic carbocycles. The van der Waals surface area contributed by atoms with Gasteiger partial charge in [0, 0.05) is 29.3 Å². The van der Waals surface area contributed by atoms with Crippen molar-refractivity contribution in [3.8, 4) is 39.6 Å². The lowest BCUT2D eigenvalue weighted by Crippen LogP contribution is -2.54. The summed E-state index contributed by atoms with van der Waals surface area (Å²) in [5.74, 6) is -3.09. The molecule has 15 nitrogen and oxygen atoms in total. The first-order valence-corrected chi connectivity index (χ1v) is 22.5. The Morgan fingerprint density at radius 1 is 0.894 bits per heavy atom. The van der Waals surface area contributed by atoms with Crippen molar-refractivity contribution in [3.05, 3.63) is 83.6 Å². The molecule has 8 rings (SSSR count). The molecule has 3 heterocycles. The Bertz CT molecular complexity index is 2720. The van der Waals surface area contributed by atoms with Crippen molar-refractivity contribution in [2.24, 2.45) is 17.8 Å². The first kappa shape index (κ1) is 45.7. The Kier molecular flexibility index (Phi) is 12.6. The number of benzene rings is 3. The van der Waals surface area contributed by atoms with Crippen molar-refractivity contribution in [1.82, 2.24) is 40.4 Å². The summed E-state index contributed by atoms with van der Waals surface area (Å²) in [7, 11) is 2.48. The number of aromatic amines is 2. The van der Waals surface area contributed by atoms with Gasteiger partial charge in [0.25, 0.3) is 5.92 Å². The summed E-state index contributed by atoms with van der Waals surface area (Å²) < 4.78 is 42.9. The van der Waals surface area contributed by atoms with Gasteiger partial charge >= 0.3 is 12.2 Å². The number of methoxy groups -OCH3 is 2. The quantitative estimate of drug-likeness (QED) is 0.0842. The number of hydrogen-bond acceptors (Lipinski definition) is 9. The second-order valence-corrected chi connectivity index (χ2v) is 18.1. The predicted octanol–water partition coefficient (Wildman–Crippen LogP) is 8.75. The fourth-order valence-corrected chi connectivity index (χ4v) is 10.1. The van der Waals surface area contributed by atoms with E-state index in [9.17, 15) is 24.4 Å². The molecule has 0 unspecified atom stereocenters. The predicted molar refractivity (Wildman–Crippen MR) is 242 cm³/mol. The third kappa shape index (κ3) is 8.22. The first-order valence-electron chi connectivity index (χ1n) is 22.5. The number of nitrogens with zero attached hydrogens (tertiary/aromatic N) is 5. The molecule has 3 aliphatic rings. The van der Waals surface area contributed by atoms with Crippen LogP contribution in [0.2, 0.25) is 0 Å². The van der Waals surface area contributed by atoms with Gasteiger partial charge in [-0.05, 0) is 90.0 Å². The number of nitriles is 1. The van der Waals surface area contributed by atoms with Crippen LogP contribution >= 0.6 is 0 Å². The highest BCUT2D eigenvalue weighted by Gasteiger charge is 2.52. The summed E-state index contributed by atoms with van der Waals surface area (Å²) in [4.78, 5) is 72.0. The molecule has 2 bridgehead atoms. The number of fused-ring (bicyclic) bond motifs is 6. The summed E-state index contributed by atoms with van der Waals surface area (Å²) in [6.07, 6.45) is 3.27. The van der Waals surface area contributed by atoms with Crippen LogP contribution in [0.1, 0.15) is 102 Å². The molecule has 1 saturated heterocycles. The molecule has 0 spiro atoms. The SMILES string of the molecule is CC[C@@H](c1ncc(-c2ccc3c(c2)C(F)(F)c2cc(-c4ccc5nc([C@@H]6[C@H]7CC[C@H](C7)N6C(=O)[C@@H](NC(=O)OC)C(C)C)[nH]c5c4)ccc2-3)[nH]1)N(CCC#N)C(=O)[C@@H](NC(=O)OC)C(C)C. The summed E-state index contributed by atoms with van der Waals surface area (Å²) in [5, 5.41) is 14.8. The lowest BCUT2D eigenvalue weighted by molar-refractivity contribution is -0.139. The van der Waals surface area contributed by atoms with Crippen molar-refractivity contribution >= 4 is 35.0 Å². The van der Waals surface area contributed by atoms with Crippen LogP contribution < -0.4 is 10.6 Å². The number of H-pyrrole nitrogens is 2. The maximum atomic E-state index is 16.7. The lowest BCUT2D eigenvalue weighted by atomic mass is 9.95. The zero-order valence-electron chi connectivity index (χ0n) is 38.1. The number of alkyl halides is 2. The van der Waals surface area contributed by atoms with Gasteiger partial charge in [-0.25, -0.2) is 19.6 Å². The molecule has 66 heavy (non-hydrogen) atoms. The third-order valence-corrected chi connectivity index (χ3v) is 13.5. The molecule has 6 atom stereocenters. The monoisotopic (exact) mass is 903 g/mol. The number of ether oxygens (including phenoxy) is 2. The number of halogens is 2. The number of amides is 4. The van der Waals surface area contributed by atoms with Crippen LogP contribution in [0.4, 0.5) is 18.4 Å². The molecule has 5 aromatic rings. The normalized spacial score (nSPS) is 19.2. The van der Waals surface area contributed by atoms with Crippen molar-refractivity contribution in [2.45, 2.75) is 103 Å². The second kappa shape index (κ2) is 18.2. The van der Waals surface area contributed by atoms with Crippen LogP contribution in [0.3, 0.4) is 0 Å². The standard InChI is InChI=1S/C49H55F2N9O6/c1-8-39(59(19-9-18-52)45(61)40(25(2)3)57-47(63)65-6)43-53-24-38(56-43)29-12-16-33-32-15-11-27(21-34(32)49(50,51)35(33)22-29)28-13-17-36-37(23-28)55-44(54-36)42-30-10-14-31(20-30)60(42)46(62)41(26(4)5)58-48(64)66-7/h11-13,15-17,21-26,30-31,39-42H,8-10,14,19-20H2,1-7H3,(H,53,56)(H,54,55)(H,57,63)(H,58,64)/t30-,31+,39-,40-,41-,42-/m0/s1. The Balaban J connectivity index is 1.04. The van der Waals surface area contributed by atoms with E-state index >= 15 is 8.78 Å². The lowest BCUT2D eigenvalue weighted by Gasteiger charge is -2.37. The summed E-state index contributed by atoms with van der Waals surface area (Å²) in [6.45, 7) is 9.31. The zero-order valence-corrected chi connectivity index (χ0v) is 38.1. The van der Waals surface area contributed by atoms with Crippen molar-refractivity contribution in [2.75, 3.05) is 20.8 Å². The van der Waals surface area contributed by atoms with E-state index in [1.165, 1.54) is 31.3 Å². The highest BCUT2D eigenvalue weighted by atomic mass is 19.3. The fraction of sp³-hybridized carbons (Fsp3) is 0.449. The number of rotatable bonds is 14. The minimum absolute atomic E-state index is 0.0338. The van der Waals surface area contributed by atoms with Crippen molar-refractivity contribution < 1.29 is 37.4 Å². The van der Waals surface area contributed by atoms with Crippen molar-refractivity contribution in [3.63, 3.8) is 0 Å². The topological polar surface area (TPSA) is 198 Å². The number of carbonyl (C=O) groups is 4. The number of likely N-dealkylation sites (tertiary alicyclic amines) is 1. The average molecular weight is 904 g/mol. The molecule has 2 fully saturated rings. The number of alkyl carbamates (subject to hydrolysis) is 2. The van der Waals surface area contributed by atoms with E-state index in [4.69, 9.17) is 14.5 Å². The van der Waals surface area contributed by atoms with Gasteiger partial charge < -0.3 is 39.9 Å². The number of nitrogens with one attached hydrogen (secondary N) is 4. The molecule has 4 amide bonds. The van der Waals surface area contributed by atoms with Crippen LogP contribution in [-0.2, 0) is 25.0 Å². The summed E-state index contributed by atoms with van der Waals surface area (Å²) >= 11 is 0. The fourth-order valence-electron chi connectivity index (χ4n) is 10.1. The van der Waals surface area contributed by atoms with Gasteiger partial charge in [-0.15, -0.1) is 0 Å². The highest BCUT2D eigenvalue weighted by Crippen LogP contribution is 2.53. The molecule has 1 aliphatic heterocycles. The minimum Gasteiger partial charge on any atom is -0.453 e. The van der Waals surface area contributed by atoms with Crippen LogP contribution in [0.15, 0.2) is 60.8 Å². The zero-order chi connectivity index (χ0) is 47.2. The van der Waals surface area contributed by atoms with Gasteiger partial charge in [-0.2, -0.15) is 14.0 Å². The van der Waals surface area contributed by atoms with Gasteiger partial charge in [0.15, 0.2) is 0 Å². The number of hydrogen-bond donors (Lipinski definition) is 4. The van der Waals surface area contributed by atoms with Gasteiger partial charge in [0.1, 0.15) is 23.7 Å². The first-order chi connectivity index (χ1) is 31.6.